The Morgan fingerprint density at radius 1 is 0.960 bits per heavy atom. The maximum Gasteiger partial charge on any atom is 0.271 e. The molecule has 3 aromatic rings. The zero-order valence-corrected chi connectivity index (χ0v) is 13.5. The quantitative estimate of drug-likeness (QED) is 0.446. The molecule has 3 rings (SSSR count). The van der Waals surface area contributed by atoms with Gasteiger partial charge in [-0.25, -0.2) is 5.43 Å². The molecule has 0 fully saturated rings. The van der Waals surface area contributed by atoms with Crippen LogP contribution in [-0.4, -0.2) is 16.5 Å². The van der Waals surface area contributed by atoms with Gasteiger partial charge < -0.3 is 0 Å². The van der Waals surface area contributed by atoms with E-state index in [0.29, 0.717) is 11.3 Å². The van der Waals surface area contributed by atoms with Crippen LogP contribution in [-0.2, 0) is 0 Å². The zero-order chi connectivity index (χ0) is 17.8. The van der Waals surface area contributed by atoms with E-state index in [0.717, 1.165) is 16.3 Å². The molecule has 1 N–H and O–H groups in total. The number of nitrogens with zero attached hydrogens (tertiary/aromatic N) is 2. The Morgan fingerprint density at radius 2 is 1.60 bits per heavy atom. The second-order valence-electron chi connectivity index (χ2n) is 5.50. The molecule has 6 nitrogen and oxygen atoms in total. The molecule has 0 atom stereocenters. The molecule has 0 radical (unpaired) electrons. The molecule has 0 spiro atoms. The van der Waals surface area contributed by atoms with Gasteiger partial charge in [0.05, 0.1) is 10.6 Å². The fraction of sp³-hybridized carbons (Fsp3) is 0.0526. The summed E-state index contributed by atoms with van der Waals surface area (Å²) < 4.78 is 0. The summed E-state index contributed by atoms with van der Waals surface area (Å²) >= 11 is 0. The molecule has 0 heterocycles. The number of carbonyl (C=O) groups is 1. The van der Waals surface area contributed by atoms with E-state index in [-0.39, 0.29) is 5.69 Å². The second-order valence-corrected chi connectivity index (χ2v) is 5.50. The Hall–Kier alpha value is -3.54. The Kier molecular flexibility index (Phi) is 4.52. The third-order valence-corrected chi connectivity index (χ3v) is 3.83. The highest BCUT2D eigenvalue weighted by molar-refractivity contribution is 6.03. The minimum atomic E-state index is -0.510. The normalized spacial score (nSPS) is 11.3. The summed E-state index contributed by atoms with van der Waals surface area (Å²) in [6.07, 6.45) is 0. The van der Waals surface area contributed by atoms with Crippen LogP contribution in [0.1, 0.15) is 22.8 Å². The minimum absolute atomic E-state index is 0.0626. The largest absolute Gasteiger partial charge is 0.271 e. The van der Waals surface area contributed by atoms with E-state index in [4.69, 9.17) is 0 Å². The first kappa shape index (κ1) is 16.3. The van der Waals surface area contributed by atoms with E-state index >= 15 is 0 Å². The number of rotatable bonds is 4. The summed E-state index contributed by atoms with van der Waals surface area (Å²) in [5, 5.41) is 17.0. The summed E-state index contributed by atoms with van der Waals surface area (Å²) in [7, 11) is 0. The number of non-ortho nitro benzene ring substituents is 1. The van der Waals surface area contributed by atoms with Gasteiger partial charge in [0.15, 0.2) is 0 Å². The lowest BCUT2D eigenvalue weighted by Gasteiger charge is -2.05. The highest BCUT2D eigenvalue weighted by atomic mass is 16.6. The monoisotopic (exact) mass is 333 g/mol. The van der Waals surface area contributed by atoms with Crippen molar-refractivity contribution in [2.24, 2.45) is 5.10 Å². The molecule has 25 heavy (non-hydrogen) atoms. The van der Waals surface area contributed by atoms with Gasteiger partial charge in [0.2, 0.25) is 0 Å². The van der Waals surface area contributed by atoms with Crippen LogP contribution in [0.5, 0.6) is 0 Å². The number of hydrazone groups is 1. The molecule has 0 aromatic heterocycles. The summed E-state index contributed by atoms with van der Waals surface area (Å²) in [5.74, 6) is -0.421. The number of benzene rings is 3. The van der Waals surface area contributed by atoms with Crippen LogP contribution in [0.4, 0.5) is 5.69 Å². The van der Waals surface area contributed by atoms with Crippen LogP contribution in [0.15, 0.2) is 71.8 Å². The Bertz CT molecular complexity index is 979. The maximum atomic E-state index is 12.1. The number of nitro benzene ring substituents is 1. The molecule has 0 aliphatic heterocycles. The van der Waals surface area contributed by atoms with Crippen molar-refractivity contribution < 1.29 is 9.72 Å². The van der Waals surface area contributed by atoms with Crippen LogP contribution >= 0.6 is 0 Å². The van der Waals surface area contributed by atoms with Crippen molar-refractivity contribution in [1.82, 2.24) is 5.43 Å². The predicted molar refractivity (Wildman–Crippen MR) is 96.7 cm³/mol. The first-order chi connectivity index (χ1) is 12.0. The average Bonchev–Trinajstić information content (AvgIpc) is 2.65. The third-order valence-electron chi connectivity index (χ3n) is 3.83. The average molecular weight is 333 g/mol. The molecule has 6 heteroatoms. The fourth-order valence-electron chi connectivity index (χ4n) is 2.41. The molecule has 3 aromatic carbocycles. The molecule has 0 bridgehead atoms. The second kappa shape index (κ2) is 6.92. The number of hydrogen-bond acceptors (Lipinski definition) is 4. The lowest BCUT2D eigenvalue weighted by molar-refractivity contribution is -0.384. The summed E-state index contributed by atoms with van der Waals surface area (Å²) in [6.45, 7) is 1.81. The highest BCUT2D eigenvalue weighted by Gasteiger charge is 2.09. The van der Waals surface area contributed by atoms with Crippen molar-refractivity contribution >= 4 is 28.1 Å². The summed E-state index contributed by atoms with van der Waals surface area (Å²) in [5.41, 5.74) is 4.29. The van der Waals surface area contributed by atoms with Crippen LogP contribution in [0.2, 0.25) is 0 Å². The van der Waals surface area contributed by atoms with E-state index in [9.17, 15) is 14.9 Å². The van der Waals surface area contributed by atoms with Crippen molar-refractivity contribution in [3.63, 3.8) is 0 Å². The van der Waals surface area contributed by atoms with Crippen molar-refractivity contribution in [1.29, 1.82) is 0 Å². The van der Waals surface area contributed by atoms with Crippen molar-refractivity contribution in [3.05, 3.63) is 88.0 Å². The number of nitro groups is 1. The minimum Gasteiger partial charge on any atom is -0.267 e. The van der Waals surface area contributed by atoms with E-state index in [1.54, 1.807) is 6.92 Å². The van der Waals surface area contributed by atoms with Gasteiger partial charge >= 0.3 is 0 Å². The van der Waals surface area contributed by atoms with Gasteiger partial charge in [-0.1, -0.05) is 36.4 Å². The number of carbonyl (C=O) groups excluding carboxylic acids is 1. The smallest absolute Gasteiger partial charge is 0.267 e. The van der Waals surface area contributed by atoms with Crippen LogP contribution in [0, 0.1) is 10.1 Å². The van der Waals surface area contributed by atoms with Gasteiger partial charge in [-0.15, -0.1) is 0 Å². The van der Waals surface area contributed by atoms with Crippen LogP contribution in [0.3, 0.4) is 0 Å². The summed E-state index contributed by atoms with van der Waals surface area (Å²) in [4.78, 5) is 22.2. The van der Waals surface area contributed by atoms with Gasteiger partial charge in [0.25, 0.3) is 11.6 Å². The van der Waals surface area contributed by atoms with Gasteiger partial charge in [0.1, 0.15) is 0 Å². The third kappa shape index (κ3) is 3.69. The fourth-order valence-corrected chi connectivity index (χ4v) is 2.41. The molecule has 0 unspecified atom stereocenters. The molecular formula is C19H15N3O3. The standard InChI is InChI=1S/C19H15N3O3/c1-13(16-7-6-14-4-2-3-5-17(14)12-16)20-21-19(23)15-8-10-18(11-9-15)22(24)25/h2-12H,1H3,(H,21,23)/b20-13-. The Labute approximate surface area is 143 Å². The van der Waals surface area contributed by atoms with E-state index in [2.05, 4.69) is 10.5 Å². The van der Waals surface area contributed by atoms with Gasteiger partial charge in [-0.2, -0.15) is 5.10 Å². The van der Waals surface area contributed by atoms with Crippen molar-refractivity contribution in [2.45, 2.75) is 6.92 Å². The van der Waals surface area contributed by atoms with Crippen molar-refractivity contribution in [3.8, 4) is 0 Å². The van der Waals surface area contributed by atoms with E-state index < -0.39 is 10.8 Å². The molecule has 1 amide bonds. The van der Waals surface area contributed by atoms with E-state index in [1.807, 2.05) is 42.5 Å². The van der Waals surface area contributed by atoms with Crippen molar-refractivity contribution in [2.75, 3.05) is 0 Å². The molecule has 0 saturated carbocycles. The Balaban J connectivity index is 1.75. The Morgan fingerprint density at radius 3 is 2.28 bits per heavy atom. The van der Waals surface area contributed by atoms with Gasteiger partial charge in [0, 0.05) is 17.7 Å². The molecule has 0 aliphatic carbocycles. The van der Waals surface area contributed by atoms with Crippen LogP contribution in [0.25, 0.3) is 10.8 Å². The van der Waals surface area contributed by atoms with Gasteiger partial charge in [-0.05, 0) is 41.5 Å². The highest BCUT2D eigenvalue weighted by Crippen LogP contribution is 2.16. The lowest BCUT2D eigenvalue weighted by Crippen LogP contribution is -2.19. The first-order valence-corrected chi connectivity index (χ1v) is 7.63. The predicted octanol–water partition coefficient (Wildman–Crippen LogP) is 3.90. The molecule has 124 valence electrons. The summed E-state index contributed by atoms with van der Waals surface area (Å²) in [6, 6.07) is 19.3. The molecular weight excluding hydrogens is 318 g/mol. The number of fused-ring (bicyclic) bond motifs is 1. The lowest BCUT2D eigenvalue weighted by atomic mass is 10.0. The zero-order valence-electron chi connectivity index (χ0n) is 13.5. The first-order valence-electron chi connectivity index (χ1n) is 7.63. The van der Waals surface area contributed by atoms with E-state index in [1.165, 1.54) is 24.3 Å². The van der Waals surface area contributed by atoms with Gasteiger partial charge in [-0.3, -0.25) is 14.9 Å². The number of nitrogens with one attached hydrogen (secondary N) is 1. The molecule has 0 aliphatic rings. The van der Waals surface area contributed by atoms with Crippen LogP contribution < -0.4 is 5.43 Å². The molecule has 0 saturated heterocycles. The number of amides is 1. The maximum absolute atomic E-state index is 12.1. The SMILES string of the molecule is C/C(=N/NC(=O)c1ccc([N+](=O)[O-])cc1)c1ccc2ccccc2c1. The number of hydrogen-bond donors (Lipinski definition) is 1. The topological polar surface area (TPSA) is 84.6 Å².